The van der Waals surface area contributed by atoms with Crippen molar-refractivity contribution >= 4 is 0 Å². The van der Waals surface area contributed by atoms with E-state index in [1.165, 1.54) is 18.4 Å². The molecule has 4 atom stereocenters. The predicted octanol–water partition coefficient (Wildman–Crippen LogP) is 4.69. The lowest BCUT2D eigenvalue weighted by Gasteiger charge is -2.53. The molecule has 3 fully saturated rings. The Bertz CT molecular complexity index is 423. The fourth-order valence-corrected chi connectivity index (χ4v) is 4.90. The summed E-state index contributed by atoms with van der Waals surface area (Å²) in [6, 6.07) is 0. The summed E-state index contributed by atoms with van der Waals surface area (Å²) in [5.41, 5.74) is 1.80. The van der Waals surface area contributed by atoms with Crippen LogP contribution in [0.1, 0.15) is 66.7 Å². The zero-order valence-electron chi connectivity index (χ0n) is 13.8. The van der Waals surface area contributed by atoms with Gasteiger partial charge in [0.15, 0.2) is 5.79 Å². The van der Waals surface area contributed by atoms with E-state index in [1.54, 1.807) is 0 Å². The minimum atomic E-state index is -0.436. The minimum Gasteiger partial charge on any atom is -0.344 e. The smallest absolute Gasteiger partial charge is 0.164 e. The minimum absolute atomic E-state index is 0.121. The molecular formula is C18H30O2. The number of ether oxygens (including phenoxy) is 2. The third-order valence-corrected chi connectivity index (χ3v) is 6.03. The Morgan fingerprint density at radius 2 is 1.80 bits per heavy atom. The van der Waals surface area contributed by atoms with Crippen LogP contribution in [0.15, 0.2) is 12.2 Å². The molecule has 20 heavy (non-hydrogen) atoms. The van der Waals surface area contributed by atoms with Crippen molar-refractivity contribution in [3.05, 3.63) is 12.2 Å². The summed E-state index contributed by atoms with van der Waals surface area (Å²) in [6.45, 7) is 15.5. The number of rotatable bonds is 0. The second kappa shape index (κ2) is 4.33. The van der Waals surface area contributed by atoms with E-state index in [2.05, 4.69) is 27.4 Å². The first-order valence-electron chi connectivity index (χ1n) is 8.19. The third-order valence-electron chi connectivity index (χ3n) is 6.03. The largest absolute Gasteiger partial charge is 0.344 e. The molecule has 0 spiro atoms. The van der Waals surface area contributed by atoms with Crippen LogP contribution in [-0.2, 0) is 9.47 Å². The molecule has 0 aromatic carbocycles. The van der Waals surface area contributed by atoms with Crippen LogP contribution >= 0.6 is 0 Å². The Balaban J connectivity index is 1.82. The zero-order chi connectivity index (χ0) is 14.8. The van der Waals surface area contributed by atoms with Crippen molar-refractivity contribution in [2.45, 2.75) is 84.2 Å². The van der Waals surface area contributed by atoms with Crippen LogP contribution in [0.25, 0.3) is 0 Å². The normalized spacial score (nSPS) is 46.5. The molecule has 114 valence electrons. The molecule has 0 aromatic heterocycles. The Labute approximate surface area is 123 Å². The van der Waals surface area contributed by atoms with E-state index in [4.69, 9.17) is 9.47 Å². The lowest BCUT2D eigenvalue weighted by molar-refractivity contribution is -0.163. The highest BCUT2D eigenvalue weighted by Gasteiger charge is 2.54. The van der Waals surface area contributed by atoms with Crippen molar-refractivity contribution < 1.29 is 9.47 Å². The summed E-state index contributed by atoms with van der Waals surface area (Å²) in [5.74, 6) is 1.08. The van der Waals surface area contributed by atoms with Gasteiger partial charge in [-0.3, -0.25) is 0 Å². The van der Waals surface area contributed by atoms with E-state index in [0.29, 0.717) is 5.41 Å². The third kappa shape index (κ3) is 2.25. The number of hydrogen-bond donors (Lipinski definition) is 0. The first kappa shape index (κ1) is 14.6. The van der Waals surface area contributed by atoms with Crippen LogP contribution in [0.4, 0.5) is 0 Å². The summed E-state index contributed by atoms with van der Waals surface area (Å²) < 4.78 is 12.5. The molecule has 2 aliphatic carbocycles. The molecule has 2 saturated carbocycles. The first-order chi connectivity index (χ1) is 9.13. The Hall–Kier alpha value is -0.340. The maximum Gasteiger partial charge on any atom is 0.164 e. The van der Waals surface area contributed by atoms with Gasteiger partial charge in [0.05, 0.1) is 11.7 Å². The van der Waals surface area contributed by atoms with Crippen molar-refractivity contribution in [2.75, 3.05) is 0 Å². The van der Waals surface area contributed by atoms with E-state index in [9.17, 15) is 0 Å². The van der Waals surface area contributed by atoms with Crippen molar-refractivity contribution in [3.8, 4) is 0 Å². The van der Waals surface area contributed by atoms with Crippen LogP contribution in [-0.4, -0.2) is 17.5 Å². The molecular weight excluding hydrogens is 248 g/mol. The quantitative estimate of drug-likeness (QED) is 0.598. The summed E-state index contributed by atoms with van der Waals surface area (Å²) in [7, 11) is 0. The molecule has 0 amide bonds. The fourth-order valence-electron chi connectivity index (χ4n) is 4.90. The van der Waals surface area contributed by atoms with Crippen molar-refractivity contribution in [1.29, 1.82) is 0 Å². The topological polar surface area (TPSA) is 18.5 Å². The Morgan fingerprint density at radius 3 is 2.45 bits per heavy atom. The Morgan fingerprint density at radius 1 is 1.10 bits per heavy atom. The maximum absolute atomic E-state index is 6.29. The highest BCUT2D eigenvalue weighted by molar-refractivity contribution is 5.15. The van der Waals surface area contributed by atoms with E-state index >= 15 is 0 Å². The monoisotopic (exact) mass is 278 g/mol. The van der Waals surface area contributed by atoms with Crippen LogP contribution in [0.2, 0.25) is 0 Å². The Kier molecular flexibility index (Phi) is 3.16. The van der Waals surface area contributed by atoms with Gasteiger partial charge >= 0.3 is 0 Å². The number of fused-ring (bicyclic) bond motifs is 2. The van der Waals surface area contributed by atoms with E-state index in [-0.39, 0.29) is 11.7 Å². The van der Waals surface area contributed by atoms with Crippen molar-refractivity contribution in [1.82, 2.24) is 0 Å². The van der Waals surface area contributed by atoms with Crippen LogP contribution in [0.5, 0.6) is 0 Å². The summed E-state index contributed by atoms with van der Waals surface area (Å²) in [4.78, 5) is 0. The summed E-state index contributed by atoms with van der Waals surface area (Å²) in [6.07, 6.45) is 6.03. The van der Waals surface area contributed by atoms with Crippen molar-refractivity contribution in [2.24, 2.45) is 17.3 Å². The van der Waals surface area contributed by atoms with E-state index < -0.39 is 5.79 Å². The van der Waals surface area contributed by atoms with Gasteiger partial charge in [-0.25, -0.2) is 0 Å². The molecule has 1 heterocycles. The van der Waals surface area contributed by atoms with Crippen molar-refractivity contribution in [3.63, 3.8) is 0 Å². The fraction of sp³-hybridized carbons (Fsp3) is 0.889. The van der Waals surface area contributed by atoms with E-state index in [0.717, 1.165) is 31.1 Å². The van der Waals surface area contributed by atoms with Gasteiger partial charge in [-0.05, 0) is 70.1 Å². The van der Waals surface area contributed by atoms with Gasteiger partial charge in [0.1, 0.15) is 0 Å². The van der Waals surface area contributed by atoms with Gasteiger partial charge in [0, 0.05) is 0 Å². The molecule has 3 rings (SSSR count). The highest BCUT2D eigenvalue weighted by Crippen LogP contribution is 2.58. The van der Waals surface area contributed by atoms with Gasteiger partial charge in [-0.1, -0.05) is 26.0 Å². The molecule has 3 aliphatic rings. The number of allylic oxidation sites excluding steroid dienone is 1. The van der Waals surface area contributed by atoms with E-state index in [1.807, 2.05) is 13.8 Å². The highest BCUT2D eigenvalue weighted by atomic mass is 16.8. The predicted molar refractivity (Wildman–Crippen MR) is 81.4 cm³/mol. The molecule has 2 heteroatoms. The van der Waals surface area contributed by atoms with Gasteiger partial charge in [0.25, 0.3) is 0 Å². The standard InChI is InChI=1S/C18H30O2/c1-12-7-8-15-18(6,20-17(4,5)19-15)10-9-14-13(12)11-16(14,2)3/h13-15H,1,7-11H2,2-6H3/t13-,14-,15?,18?/m1/s1. The van der Waals surface area contributed by atoms with Crippen LogP contribution < -0.4 is 0 Å². The maximum atomic E-state index is 6.29. The SMILES string of the molecule is C=C1CCC2OC(C)(C)OC2(C)CC[C@@H]2[C@@H]1CC2(C)C. The average molecular weight is 278 g/mol. The van der Waals surface area contributed by atoms with Gasteiger partial charge in [-0.2, -0.15) is 0 Å². The average Bonchev–Trinajstić information content (AvgIpc) is 2.53. The second-order valence-electron chi connectivity index (χ2n) is 8.56. The van der Waals surface area contributed by atoms with Gasteiger partial charge in [0.2, 0.25) is 0 Å². The molecule has 0 bridgehead atoms. The molecule has 0 radical (unpaired) electrons. The summed E-state index contributed by atoms with van der Waals surface area (Å²) >= 11 is 0. The van der Waals surface area contributed by atoms with Gasteiger partial charge in [-0.15, -0.1) is 0 Å². The zero-order valence-corrected chi connectivity index (χ0v) is 13.8. The second-order valence-corrected chi connectivity index (χ2v) is 8.56. The lowest BCUT2D eigenvalue weighted by atomic mass is 9.52. The van der Waals surface area contributed by atoms with Crippen LogP contribution in [0, 0.1) is 17.3 Å². The van der Waals surface area contributed by atoms with Crippen LogP contribution in [0.3, 0.4) is 0 Å². The molecule has 1 saturated heterocycles. The lowest BCUT2D eigenvalue weighted by Crippen LogP contribution is -2.45. The molecule has 0 N–H and O–H groups in total. The summed E-state index contributed by atoms with van der Waals surface area (Å²) in [5, 5.41) is 0. The molecule has 2 unspecified atom stereocenters. The molecule has 0 aromatic rings. The molecule has 1 aliphatic heterocycles. The first-order valence-corrected chi connectivity index (χ1v) is 8.19. The van der Waals surface area contributed by atoms with Gasteiger partial charge < -0.3 is 9.47 Å². The molecule has 2 nitrogen and oxygen atoms in total. The number of hydrogen-bond acceptors (Lipinski definition) is 2.